The summed E-state index contributed by atoms with van der Waals surface area (Å²) in [6.45, 7) is 0. The van der Waals surface area contributed by atoms with Crippen LogP contribution in [0.25, 0.3) is 76.9 Å². The van der Waals surface area contributed by atoms with Crippen LogP contribution >= 0.6 is 11.8 Å². The van der Waals surface area contributed by atoms with E-state index in [4.69, 9.17) is 0 Å². The molecule has 0 N–H and O–H groups in total. The van der Waals surface area contributed by atoms with Crippen molar-refractivity contribution in [1.82, 2.24) is 9.13 Å². The molecule has 0 radical (unpaired) electrons. The summed E-state index contributed by atoms with van der Waals surface area (Å²) in [7, 11) is 0. The summed E-state index contributed by atoms with van der Waals surface area (Å²) in [4.78, 5) is 2.65. The van der Waals surface area contributed by atoms with Crippen LogP contribution in [0.2, 0.25) is 0 Å². The van der Waals surface area contributed by atoms with Gasteiger partial charge in [-0.2, -0.15) is 0 Å². The molecule has 0 fully saturated rings. The lowest BCUT2D eigenvalue weighted by atomic mass is 9.67. The van der Waals surface area contributed by atoms with Crippen LogP contribution in [0.15, 0.2) is 204 Å². The molecule has 13 rings (SSSR count). The van der Waals surface area contributed by atoms with Crippen LogP contribution in [0.3, 0.4) is 0 Å². The van der Waals surface area contributed by atoms with Gasteiger partial charge in [-0.25, -0.2) is 0 Å². The lowest BCUT2D eigenvalue weighted by molar-refractivity contribution is 0.725. The first kappa shape index (κ1) is 30.5. The number of benzene rings is 9. The summed E-state index contributed by atoms with van der Waals surface area (Å²) in [5, 5.41) is 7.67. The van der Waals surface area contributed by atoms with Crippen molar-refractivity contribution in [2.24, 2.45) is 0 Å². The van der Waals surface area contributed by atoms with Crippen molar-refractivity contribution in [3.05, 3.63) is 216 Å². The Hall–Kier alpha value is -6.81. The smallest absolute Gasteiger partial charge is 0.0736 e. The Kier molecular flexibility index (Phi) is 6.06. The highest BCUT2D eigenvalue weighted by molar-refractivity contribution is 7.99. The van der Waals surface area contributed by atoms with Gasteiger partial charge in [0, 0.05) is 42.7 Å². The number of fused-ring (bicyclic) bond motifs is 17. The summed E-state index contributed by atoms with van der Waals surface area (Å²) < 4.78 is 4.92. The largest absolute Gasteiger partial charge is 0.309 e. The summed E-state index contributed by atoms with van der Waals surface area (Å²) in [5.41, 5.74) is 14.6. The molecule has 1 aliphatic heterocycles. The normalized spacial score (nSPS) is 15.5. The van der Waals surface area contributed by atoms with E-state index in [9.17, 15) is 0 Å². The molecule has 56 heavy (non-hydrogen) atoms. The van der Waals surface area contributed by atoms with Gasteiger partial charge in [-0.3, -0.25) is 0 Å². The molecule has 0 amide bonds. The van der Waals surface area contributed by atoms with E-state index in [-0.39, 0.29) is 0 Å². The second-order valence-electron chi connectivity index (χ2n) is 15.2. The van der Waals surface area contributed by atoms with Crippen LogP contribution in [-0.2, 0) is 5.41 Å². The monoisotopic (exact) mass is 728 g/mol. The molecule has 260 valence electrons. The third-order valence-corrected chi connectivity index (χ3v) is 13.8. The zero-order valence-electron chi connectivity index (χ0n) is 30.3. The van der Waals surface area contributed by atoms with E-state index in [1.165, 1.54) is 109 Å². The second kappa shape index (κ2) is 11.1. The number of hydrogen-bond acceptors (Lipinski definition) is 1. The maximum absolute atomic E-state index is 2.51. The first-order chi connectivity index (χ1) is 27.8. The van der Waals surface area contributed by atoms with Crippen molar-refractivity contribution >= 4 is 66.1 Å². The fourth-order valence-corrected chi connectivity index (χ4v) is 11.7. The fourth-order valence-electron chi connectivity index (χ4n) is 10.3. The van der Waals surface area contributed by atoms with Gasteiger partial charge in [0.25, 0.3) is 0 Å². The molecular weight excluding hydrogens is 697 g/mol. The zero-order chi connectivity index (χ0) is 36.5. The van der Waals surface area contributed by atoms with Gasteiger partial charge >= 0.3 is 0 Å². The van der Waals surface area contributed by atoms with E-state index >= 15 is 0 Å². The van der Waals surface area contributed by atoms with Gasteiger partial charge in [-0.15, -0.1) is 0 Å². The molecule has 2 nitrogen and oxygen atoms in total. The van der Waals surface area contributed by atoms with Crippen LogP contribution in [0.5, 0.6) is 0 Å². The van der Waals surface area contributed by atoms with Crippen molar-refractivity contribution in [1.29, 1.82) is 0 Å². The third kappa shape index (κ3) is 3.83. The van der Waals surface area contributed by atoms with Crippen LogP contribution in [0, 0.1) is 0 Å². The van der Waals surface area contributed by atoms with Crippen molar-refractivity contribution in [3.63, 3.8) is 0 Å². The Morgan fingerprint density at radius 1 is 0.339 bits per heavy atom. The first-order valence-corrected chi connectivity index (χ1v) is 20.2. The molecule has 9 aromatic carbocycles. The van der Waals surface area contributed by atoms with E-state index in [1.54, 1.807) is 0 Å². The van der Waals surface area contributed by atoms with E-state index in [2.05, 4.69) is 203 Å². The third-order valence-electron chi connectivity index (χ3n) is 12.6. The van der Waals surface area contributed by atoms with Gasteiger partial charge in [-0.05, 0) is 98.8 Å². The average molecular weight is 729 g/mol. The summed E-state index contributed by atoms with van der Waals surface area (Å²) in [6.07, 6.45) is 0. The number of para-hydroxylation sites is 4. The predicted octanol–water partition coefficient (Wildman–Crippen LogP) is 13.9. The Morgan fingerprint density at radius 2 is 0.839 bits per heavy atom. The lowest BCUT2D eigenvalue weighted by Gasteiger charge is -2.40. The molecule has 2 aliphatic rings. The van der Waals surface area contributed by atoms with Crippen LogP contribution in [0.4, 0.5) is 0 Å². The first-order valence-electron chi connectivity index (χ1n) is 19.4. The van der Waals surface area contributed by atoms with E-state index in [0.717, 1.165) is 0 Å². The molecule has 0 saturated heterocycles. The summed E-state index contributed by atoms with van der Waals surface area (Å²) in [5.74, 6) is 0. The Morgan fingerprint density at radius 3 is 1.48 bits per heavy atom. The van der Waals surface area contributed by atoms with Gasteiger partial charge in [0.05, 0.1) is 27.5 Å². The molecule has 3 heteroatoms. The molecule has 0 saturated carbocycles. The Balaban J connectivity index is 1.17. The maximum Gasteiger partial charge on any atom is 0.0736 e. The quantitative estimate of drug-likeness (QED) is 0.172. The van der Waals surface area contributed by atoms with E-state index < -0.39 is 5.41 Å². The van der Waals surface area contributed by atoms with Crippen molar-refractivity contribution < 1.29 is 0 Å². The fraction of sp³-hybridized carbons (Fsp3) is 0.0189. The molecule has 1 unspecified atom stereocenters. The highest BCUT2D eigenvalue weighted by atomic mass is 32.2. The second-order valence-corrected chi connectivity index (χ2v) is 16.3. The van der Waals surface area contributed by atoms with Gasteiger partial charge in [0.2, 0.25) is 0 Å². The molecule has 0 bridgehead atoms. The van der Waals surface area contributed by atoms with Crippen molar-refractivity contribution in [2.75, 3.05) is 0 Å². The minimum absolute atomic E-state index is 0.528. The molecule has 1 atom stereocenters. The van der Waals surface area contributed by atoms with Gasteiger partial charge in [0.15, 0.2) is 0 Å². The van der Waals surface area contributed by atoms with Crippen LogP contribution in [0.1, 0.15) is 22.3 Å². The van der Waals surface area contributed by atoms with Crippen molar-refractivity contribution in [2.45, 2.75) is 15.2 Å². The lowest BCUT2D eigenvalue weighted by Crippen LogP contribution is -2.32. The number of rotatable bonds is 2. The van der Waals surface area contributed by atoms with Gasteiger partial charge in [-0.1, -0.05) is 151 Å². The Bertz CT molecular complexity index is 3370. The SMILES string of the molecule is c1ccc2c(c1)Sc1c(ccc3ccccc13)C21c2ccc(-n3c4ccccc4c4ccccc43)cc2-c2ccc(-n3c4ccccc4c4ccccc43)cc21. The average Bonchev–Trinajstić information content (AvgIpc) is 3.88. The Labute approximate surface area is 327 Å². The van der Waals surface area contributed by atoms with E-state index in [1.807, 2.05) is 11.8 Å². The minimum atomic E-state index is -0.528. The molecule has 11 aromatic rings. The van der Waals surface area contributed by atoms with Crippen molar-refractivity contribution in [3.8, 4) is 22.5 Å². The standard InChI is InChI=1S/C53H32N2S/c1-2-14-36-33(13-1)25-29-45-52(36)56-51-24-12-7-19-44(51)53(45)43-30-27-34(54-47-20-8-3-15-38(47)39-16-4-9-21-48(39)54)31-42(43)37-28-26-35(32-46(37)53)55-49-22-10-5-17-40(49)41-18-6-11-23-50(41)55/h1-32H. The molecular formula is C53H32N2S. The zero-order valence-corrected chi connectivity index (χ0v) is 31.1. The van der Waals surface area contributed by atoms with Gasteiger partial charge < -0.3 is 9.13 Å². The van der Waals surface area contributed by atoms with Gasteiger partial charge in [0.1, 0.15) is 0 Å². The molecule has 1 aliphatic carbocycles. The highest BCUT2D eigenvalue weighted by Gasteiger charge is 2.51. The molecule has 3 heterocycles. The van der Waals surface area contributed by atoms with E-state index in [0.29, 0.717) is 0 Å². The minimum Gasteiger partial charge on any atom is -0.309 e. The molecule has 2 aromatic heterocycles. The van der Waals surface area contributed by atoms with Crippen LogP contribution < -0.4 is 0 Å². The predicted molar refractivity (Wildman–Crippen MR) is 234 cm³/mol. The summed E-state index contributed by atoms with van der Waals surface area (Å²) >= 11 is 1.92. The highest BCUT2D eigenvalue weighted by Crippen LogP contribution is 2.63. The topological polar surface area (TPSA) is 9.86 Å². The number of nitrogens with zero attached hydrogens (tertiary/aromatic N) is 2. The maximum atomic E-state index is 2.51. The number of hydrogen-bond donors (Lipinski definition) is 0. The number of aromatic nitrogens is 2. The van der Waals surface area contributed by atoms with Crippen LogP contribution in [-0.4, -0.2) is 9.13 Å². The summed E-state index contributed by atoms with van der Waals surface area (Å²) in [6, 6.07) is 72.6. The molecule has 1 spiro atoms.